The Kier molecular flexibility index (Phi) is 8.10. The molecule has 0 heterocycles. The highest BCUT2D eigenvalue weighted by Crippen LogP contribution is 2.36. The molecule has 0 spiro atoms. The predicted molar refractivity (Wildman–Crippen MR) is 100 cm³/mol. The average Bonchev–Trinajstić information content (AvgIpc) is 2.51. The molecule has 0 aliphatic rings. The molecule has 2 aromatic rings. The molecule has 0 saturated carbocycles. The summed E-state index contributed by atoms with van der Waals surface area (Å²) in [5, 5.41) is 2.90. The molecule has 25 heavy (non-hydrogen) atoms. The minimum atomic E-state index is -6.00. The highest BCUT2D eigenvalue weighted by molar-refractivity contribution is 7.73. The Morgan fingerprint density at radius 1 is 0.840 bits per heavy atom. The first-order valence-corrected chi connectivity index (χ1v) is 9.59. The van der Waals surface area contributed by atoms with E-state index in [4.69, 9.17) is 0 Å². The summed E-state index contributed by atoms with van der Waals surface area (Å²) in [5.74, 6) is 0. The van der Waals surface area contributed by atoms with Gasteiger partial charge in [-0.05, 0) is 18.5 Å². The molecule has 0 aliphatic heterocycles. The smallest absolute Gasteiger partial charge is 0.418 e. The van der Waals surface area contributed by atoms with Gasteiger partial charge in [0, 0.05) is 11.6 Å². The minimum absolute atomic E-state index is 0.254. The first kappa shape index (κ1) is 21.7. The van der Waals surface area contributed by atoms with Gasteiger partial charge in [0.05, 0.1) is 6.04 Å². The molecule has 0 fully saturated rings. The molecule has 1 atom stereocenters. The van der Waals surface area contributed by atoms with Crippen LogP contribution in [0.2, 0.25) is 0 Å². The zero-order chi connectivity index (χ0) is 19.1. The Morgan fingerprint density at radius 3 is 1.44 bits per heavy atom. The van der Waals surface area contributed by atoms with Crippen molar-refractivity contribution < 1.29 is 23.0 Å². The number of halogens is 4. The number of rotatable bonds is 4. The molecular weight excluding hydrogens is 348 g/mol. The predicted octanol–water partition coefficient (Wildman–Crippen LogP) is 4.08. The third kappa shape index (κ3) is 9.03. The van der Waals surface area contributed by atoms with Crippen LogP contribution in [0.5, 0.6) is 0 Å². The van der Waals surface area contributed by atoms with Gasteiger partial charge < -0.3 is 23.0 Å². The van der Waals surface area contributed by atoms with Gasteiger partial charge in [-0.25, -0.2) is 0 Å². The quantitative estimate of drug-likeness (QED) is 0.475. The van der Waals surface area contributed by atoms with Gasteiger partial charge in [-0.1, -0.05) is 81.4 Å². The van der Waals surface area contributed by atoms with Crippen molar-refractivity contribution in [3.63, 3.8) is 0 Å². The van der Waals surface area contributed by atoms with Crippen LogP contribution < -0.4 is 16.3 Å². The second-order valence-electron chi connectivity index (χ2n) is 6.84. The Morgan fingerprint density at radius 2 is 1.16 bits per heavy atom. The van der Waals surface area contributed by atoms with E-state index in [9.17, 15) is 17.3 Å². The lowest BCUT2D eigenvalue weighted by Gasteiger charge is -2.28. The van der Waals surface area contributed by atoms with E-state index < -0.39 is 7.25 Å². The third-order valence-electron chi connectivity index (χ3n) is 3.76. The van der Waals surface area contributed by atoms with E-state index in [1.807, 2.05) is 0 Å². The van der Waals surface area contributed by atoms with Crippen molar-refractivity contribution in [2.24, 2.45) is 5.41 Å². The molecule has 3 N–H and O–H groups in total. The summed E-state index contributed by atoms with van der Waals surface area (Å²) in [6.45, 7) is 6.86. The largest absolute Gasteiger partial charge is 0.673 e. The number of hydrogen-bond donors (Lipinski definition) is 1. The zero-order valence-electron chi connectivity index (χ0n) is 14.8. The van der Waals surface area contributed by atoms with Crippen molar-refractivity contribution in [3.05, 3.63) is 60.7 Å². The summed E-state index contributed by atoms with van der Waals surface area (Å²) in [5.41, 5.74) is 4.67. The van der Waals surface area contributed by atoms with E-state index in [1.165, 1.54) is 10.6 Å². The molecule has 0 aliphatic carbocycles. The van der Waals surface area contributed by atoms with Crippen molar-refractivity contribution in [2.75, 3.05) is 6.16 Å². The highest BCUT2D eigenvalue weighted by atomic mass is 31.1. The molecule has 2 rings (SSSR count). The first-order valence-electron chi connectivity index (χ1n) is 8.06. The van der Waals surface area contributed by atoms with Crippen LogP contribution >= 0.6 is 7.92 Å². The summed E-state index contributed by atoms with van der Waals surface area (Å²) < 4.78 is 39.0. The molecule has 7 heteroatoms. The van der Waals surface area contributed by atoms with E-state index in [0.29, 0.717) is 6.04 Å². The fraction of sp³-hybridized carbons (Fsp3) is 0.333. The maximum absolute atomic E-state index is 9.75. The summed E-state index contributed by atoms with van der Waals surface area (Å²) in [7, 11) is -6.32. The Balaban J connectivity index is 0.000000550. The molecule has 0 unspecified atom stereocenters. The SMILES string of the molecule is CC(C)(C)[C@H]([NH3+])CP(c1ccccc1)c1ccccc1.F[B-](F)(F)F. The van der Waals surface area contributed by atoms with Crippen LogP contribution in [-0.4, -0.2) is 19.5 Å². The number of hydrogen-bond acceptors (Lipinski definition) is 0. The van der Waals surface area contributed by atoms with Gasteiger partial charge >= 0.3 is 7.25 Å². The van der Waals surface area contributed by atoms with Crippen LogP contribution in [0.4, 0.5) is 17.3 Å². The fourth-order valence-electron chi connectivity index (χ4n) is 2.07. The van der Waals surface area contributed by atoms with Crippen LogP contribution in [0.25, 0.3) is 0 Å². The molecule has 1 nitrogen and oxygen atoms in total. The van der Waals surface area contributed by atoms with Crippen LogP contribution in [0, 0.1) is 5.41 Å². The lowest BCUT2D eigenvalue weighted by Crippen LogP contribution is -2.68. The zero-order valence-corrected chi connectivity index (χ0v) is 15.7. The lowest BCUT2D eigenvalue weighted by atomic mass is 9.89. The van der Waals surface area contributed by atoms with Crippen LogP contribution in [0.15, 0.2) is 60.7 Å². The van der Waals surface area contributed by atoms with E-state index in [-0.39, 0.29) is 13.3 Å². The van der Waals surface area contributed by atoms with Gasteiger partial charge in [0.2, 0.25) is 0 Å². The maximum Gasteiger partial charge on any atom is 0.673 e. The van der Waals surface area contributed by atoms with Gasteiger partial charge in [0.25, 0.3) is 0 Å². The first-order chi connectivity index (χ1) is 11.5. The molecule has 0 aromatic heterocycles. The molecule has 0 saturated heterocycles. The molecule has 138 valence electrons. The standard InChI is InChI=1S/C18H24NP.BF4/c1-18(2,3)17(19)14-20(15-10-6-4-7-11-15)16-12-8-5-9-13-16;2-1(3,4)5/h4-13,17H,14,19H2,1-3H3;/q;-1/p+1/t17-;/m1./s1. The van der Waals surface area contributed by atoms with Crippen LogP contribution in [0.3, 0.4) is 0 Å². The van der Waals surface area contributed by atoms with E-state index >= 15 is 0 Å². The minimum Gasteiger partial charge on any atom is -0.418 e. The van der Waals surface area contributed by atoms with Crippen molar-refractivity contribution in [2.45, 2.75) is 26.8 Å². The summed E-state index contributed by atoms with van der Waals surface area (Å²) in [6, 6.07) is 22.2. The third-order valence-corrected chi connectivity index (χ3v) is 6.41. The summed E-state index contributed by atoms with van der Waals surface area (Å²) in [6.07, 6.45) is 1.15. The second kappa shape index (κ2) is 9.35. The number of quaternary nitrogens is 1. The Bertz CT molecular complexity index is 569. The maximum atomic E-state index is 9.75. The molecule has 2 aromatic carbocycles. The van der Waals surface area contributed by atoms with Gasteiger partial charge in [0.1, 0.15) is 0 Å². The van der Waals surface area contributed by atoms with Gasteiger partial charge in [-0.3, -0.25) is 0 Å². The Hall–Kier alpha value is -1.39. The van der Waals surface area contributed by atoms with E-state index in [1.54, 1.807) is 0 Å². The highest BCUT2D eigenvalue weighted by Gasteiger charge is 2.28. The normalized spacial score (nSPS) is 13.2. The van der Waals surface area contributed by atoms with Crippen molar-refractivity contribution in [3.8, 4) is 0 Å². The molecule has 0 bridgehead atoms. The van der Waals surface area contributed by atoms with Crippen molar-refractivity contribution >= 4 is 25.8 Å². The molecule has 0 amide bonds. The number of benzene rings is 2. The topological polar surface area (TPSA) is 27.6 Å². The fourth-order valence-corrected chi connectivity index (χ4v) is 4.84. The van der Waals surface area contributed by atoms with Crippen LogP contribution in [0.1, 0.15) is 20.8 Å². The monoisotopic (exact) mass is 373 g/mol. The van der Waals surface area contributed by atoms with Gasteiger partial charge in [-0.2, -0.15) is 0 Å². The Labute approximate surface area is 148 Å². The lowest BCUT2D eigenvalue weighted by molar-refractivity contribution is -0.435. The summed E-state index contributed by atoms with van der Waals surface area (Å²) >= 11 is 0. The average molecular weight is 373 g/mol. The molecule has 0 radical (unpaired) electrons. The second-order valence-corrected chi connectivity index (χ2v) is 9.09. The van der Waals surface area contributed by atoms with Crippen molar-refractivity contribution in [1.29, 1.82) is 0 Å². The van der Waals surface area contributed by atoms with E-state index in [2.05, 4.69) is 87.2 Å². The van der Waals surface area contributed by atoms with Gasteiger partial charge in [0.15, 0.2) is 0 Å². The summed E-state index contributed by atoms with van der Waals surface area (Å²) in [4.78, 5) is 0. The van der Waals surface area contributed by atoms with Gasteiger partial charge in [-0.15, -0.1) is 0 Å². The molecular formula is C18H25BF4NP. The van der Waals surface area contributed by atoms with Crippen molar-refractivity contribution in [1.82, 2.24) is 0 Å². The van der Waals surface area contributed by atoms with E-state index in [0.717, 1.165) is 6.16 Å². The van der Waals surface area contributed by atoms with Crippen LogP contribution in [-0.2, 0) is 0 Å².